The number of nitrogens with one attached hydrogen (secondary N) is 2. The van der Waals surface area contributed by atoms with Gasteiger partial charge in [-0.1, -0.05) is 36.2 Å². The van der Waals surface area contributed by atoms with Crippen molar-refractivity contribution in [2.45, 2.75) is 52.1 Å². The fourth-order valence-electron chi connectivity index (χ4n) is 4.31. The fraction of sp³-hybridized carbons (Fsp3) is 0.333. The van der Waals surface area contributed by atoms with E-state index in [-0.39, 0.29) is 5.91 Å². The van der Waals surface area contributed by atoms with Crippen LogP contribution in [-0.2, 0) is 24.3 Å². The lowest BCUT2D eigenvalue weighted by molar-refractivity contribution is -0.116. The topological polar surface area (TPSA) is 80.5 Å². The average molecular weight is 447 g/mol. The maximum atomic E-state index is 12.7. The molecule has 0 fully saturated rings. The molecule has 164 valence electrons. The van der Waals surface area contributed by atoms with E-state index in [0.717, 1.165) is 46.9 Å². The number of carbonyl (C=O) groups excluding carboxylic acids is 1. The van der Waals surface area contributed by atoms with Gasteiger partial charge in [0, 0.05) is 37.2 Å². The maximum Gasteiger partial charge on any atom is 0.226 e. The summed E-state index contributed by atoms with van der Waals surface area (Å²) in [6.45, 7) is 3.51. The van der Waals surface area contributed by atoms with Crippen molar-refractivity contribution in [3.63, 3.8) is 0 Å². The number of rotatable bonds is 5. The van der Waals surface area contributed by atoms with Gasteiger partial charge < -0.3 is 9.88 Å². The summed E-state index contributed by atoms with van der Waals surface area (Å²) in [6, 6.07) is 14.1. The summed E-state index contributed by atoms with van der Waals surface area (Å²) in [4.78, 5) is 17.5. The minimum atomic E-state index is -0.0666. The number of benzene rings is 2. The number of amides is 1. The average Bonchev–Trinajstić information content (AvgIpc) is 3.23. The monoisotopic (exact) mass is 446 g/mol. The Balaban J connectivity index is 1.29. The van der Waals surface area contributed by atoms with Crippen molar-refractivity contribution in [1.82, 2.24) is 24.3 Å². The number of carbonyl (C=O) groups is 1. The lowest BCUT2D eigenvalue weighted by Crippen LogP contribution is -2.15. The molecule has 1 aliphatic heterocycles. The van der Waals surface area contributed by atoms with Crippen LogP contribution < -0.4 is 5.32 Å². The molecular formula is C24H26N6OS. The number of aryl methyl sites for hydroxylation is 3. The zero-order chi connectivity index (χ0) is 22.1. The standard InChI is InChI=1S/C24H26N6OS/c1-16-6-8-17(9-7-16)23-27-28-24(32)30(23)14-12-22(31)25-18-10-11-20-19(15-18)26-21-5-3-2-4-13-29(20)21/h6-11,15H,2-5,12-14H2,1H3,(H,25,31)(H,28,32). The predicted molar refractivity (Wildman–Crippen MR) is 128 cm³/mol. The Morgan fingerprint density at radius 2 is 2.00 bits per heavy atom. The largest absolute Gasteiger partial charge is 0.328 e. The van der Waals surface area contributed by atoms with Crippen molar-refractivity contribution in [2.75, 3.05) is 5.32 Å². The molecule has 0 spiro atoms. The van der Waals surface area contributed by atoms with Crippen LogP contribution in [0.1, 0.15) is 37.1 Å². The van der Waals surface area contributed by atoms with Gasteiger partial charge in [-0.05, 0) is 50.2 Å². The number of aromatic nitrogens is 5. The van der Waals surface area contributed by atoms with Gasteiger partial charge in [0.25, 0.3) is 0 Å². The van der Waals surface area contributed by atoms with E-state index in [1.807, 2.05) is 47.9 Å². The summed E-state index contributed by atoms with van der Waals surface area (Å²) >= 11 is 5.39. The Bertz CT molecular complexity index is 1330. The Hall–Kier alpha value is -3.26. The van der Waals surface area contributed by atoms with Crippen molar-refractivity contribution in [2.24, 2.45) is 0 Å². The number of anilines is 1. The number of nitrogens with zero attached hydrogens (tertiary/aromatic N) is 4. The summed E-state index contributed by atoms with van der Waals surface area (Å²) in [5.41, 5.74) is 5.00. The van der Waals surface area contributed by atoms with Gasteiger partial charge >= 0.3 is 0 Å². The van der Waals surface area contributed by atoms with E-state index in [1.165, 1.54) is 24.8 Å². The Morgan fingerprint density at radius 3 is 2.84 bits per heavy atom. The third kappa shape index (κ3) is 4.10. The van der Waals surface area contributed by atoms with Crippen LogP contribution in [0.5, 0.6) is 0 Å². The summed E-state index contributed by atoms with van der Waals surface area (Å²) < 4.78 is 4.70. The molecule has 1 aliphatic rings. The lowest BCUT2D eigenvalue weighted by Gasteiger charge is -2.09. The molecule has 7 nitrogen and oxygen atoms in total. The SMILES string of the molecule is Cc1ccc(-c2n[nH]c(=S)n2CCC(=O)Nc2ccc3c(c2)nc2n3CCCCC2)cc1. The molecule has 2 N–H and O–H groups in total. The number of aromatic amines is 1. The molecule has 0 saturated carbocycles. The highest BCUT2D eigenvalue weighted by molar-refractivity contribution is 7.71. The van der Waals surface area contributed by atoms with Crippen LogP contribution in [0.3, 0.4) is 0 Å². The molecule has 3 heterocycles. The lowest BCUT2D eigenvalue weighted by atomic mass is 10.1. The molecule has 4 aromatic rings. The second-order valence-electron chi connectivity index (χ2n) is 8.36. The van der Waals surface area contributed by atoms with E-state index < -0.39 is 0 Å². The van der Waals surface area contributed by atoms with Gasteiger partial charge in [-0.25, -0.2) is 4.98 Å². The van der Waals surface area contributed by atoms with Crippen LogP contribution in [0.2, 0.25) is 0 Å². The van der Waals surface area contributed by atoms with Gasteiger partial charge in [-0.2, -0.15) is 5.10 Å². The Labute approximate surface area is 191 Å². The first-order chi connectivity index (χ1) is 15.6. The number of hydrogen-bond donors (Lipinski definition) is 2. The van der Waals surface area contributed by atoms with E-state index in [1.54, 1.807) is 0 Å². The Morgan fingerprint density at radius 1 is 1.16 bits per heavy atom. The summed E-state index contributed by atoms with van der Waals surface area (Å²) in [5.74, 6) is 1.82. The number of hydrogen-bond acceptors (Lipinski definition) is 4. The zero-order valence-electron chi connectivity index (χ0n) is 18.1. The van der Waals surface area contributed by atoms with E-state index in [4.69, 9.17) is 17.2 Å². The van der Waals surface area contributed by atoms with E-state index in [0.29, 0.717) is 17.7 Å². The van der Waals surface area contributed by atoms with Crippen LogP contribution >= 0.6 is 12.2 Å². The molecule has 0 unspecified atom stereocenters. The van der Waals surface area contributed by atoms with E-state index in [2.05, 4.69) is 26.1 Å². The molecule has 0 aliphatic carbocycles. The minimum absolute atomic E-state index is 0.0666. The normalized spacial score (nSPS) is 13.7. The third-order valence-electron chi connectivity index (χ3n) is 6.02. The van der Waals surface area contributed by atoms with Gasteiger partial charge in [0.05, 0.1) is 11.0 Å². The number of fused-ring (bicyclic) bond motifs is 3. The zero-order valence-corrected chi connectivity index (χ0v) is 18.9. The molecule has 0 bridgehead atoms. The molecule has 32 heavy (non-hydrogen) atoms. The highest BCUT2D eigenvalue weighted by Crippen LogP contribution is 2.25. The highest BCUT2D eigenvalue weighted by Gasteiger charge is 2.15. The second kappa shape index (κ2) is 8.70. The second-order valence-corrected chi connectivity index (χ2v) is 8.75. The molecule has 2 aromatic carbocycles. The van der Waals surface area contributed by atoms with Crippen LogP contribution in [0, 0.1) is 11.7 Å². The van der Waals surface area contributed by atoms with Gasteiger partial charge in [0.2, 0.25) is 5.91 Å². The summed E-state index contributed by atoms with van der Waals surface area (Å²) in [5, 5.41) is 10.2. The minimum Gasteiger partial charge on any atom is -0.328 e. The van der Waals surface area contributed by atoms with Gasteiger partial charge in [-0.15, -0.1) is 0 Å². The fourth-order valence-corrected chi connectivity index (χ4v) is 4.54. The predicted octanol–water partition coefficient (Wildman–Crippen LogP) is 5.02. The van der Waals surface area contributed by atoms with Crippen LogP contribution in [0.25, 0.3) is 22.4 Å². The van der Waals surface area contributed by atoms with Crippen LogP contribution in [0.4, 0.5) is 5.69 Å². The third-order valence-corrected chi connectivity index (χ3v) is 6.34. The van der Waals surface area contributed by atoms with Gasteiger partial charge in [0.15, 0.2) is 10.6 Å². The first kappa shape index (κ1) is 20.6. The molecule has 1 amide bonds. The summed E-state index contributed by atoms with van der Waals surface area (Å²) in [7, 11) is 0. The first-order valence-electron chi connectivity index (χ1n) is 11.1. The van der Waals surface area contributed by atoms with E-state index >= 15 is 0 Å². The molecule has 5 rings (SSSR count). The van der Waals surface area contributed by atoms with Crippen molar-refractivity contribution in [3.05, 3.63) is 58.6 Å². The van der Waals surface area contributed by atoms with Crippen LogP contribution in [-0.4, -0.2) is 30.2 Å². The summed E-state index contributed by atoms with van der Waals surface area (Å²) in [6.07, 6.45) is 4.95. The molecule has 0 radical (unpaired) electrons. The molecule has 2 aromatic heterocycles. The van der Waals surface area contributed by atoms with Crippen molar-refractivity contribution in [3.8, 4) is 11.4 Å². The molecule has 8 heteroatoms. The van der Waals surface area contributed by atoms with Crippen molar-refractivity contribution in [1.29, 1.82) is 0 Å². The Kier molecular flexibility index (Phi) is 5.61. The first-order valence-corrected chi connectivity index (χ1v) is 11.5. The van der Waals surface area contributed by atoms with Crippen molar-refractivity contribution >= 4 is 34.8 Å². The van der Waals surface area contributed by atoms with Crippen molar-refractivity contribution < 1.29 is 4.79 Å². The van der Waals surface area contributed by atoms with Gasteiger partial charge in [-0.3, -0.25) is 14.5 Å². The van der Waals surface area contributed by atoms with Gasteiger partial charge in [0.1, 0.15) is 5.82 Å². The quantitative estimate of drug-likeness (QED) is 0.422. The smallest absolute Gasteiger partial charge is 0.226 e. The molecule has 0 atom stereocenters. The molecule has 0 saturated heterocycles. The number of H-pyrrole nitrogens is 1. The maximum absolute atomic E-state index is 12.7. The van der Waals surface area contributed by atoms with Crippen LogP contribution in [0.15, 0.2) is 42.5 Å². The highest BCUT2D eigenvalue weighted by atomic mass is 32.1. The van der Waals surface area contributed by atoms with E-state index in [9.17, 15) is 4.79 Å². The number of imidazole rings is 1. The molecular weight excluding hydrogens is 420 g/mol.